The van der Waals surface area contributed by atoms with E-state index in [0.29, 0.717) is 28.1 Å². The van der Waals surface area contributed by atoms with Crippen LogP contribution in [-0.2, 0) is 16.1 Å². The number of hydrogen-bond donors (Lipinski definition) is 1. The molecule has 0 atom stereocenters. The van der Waals surface area contributed by atoms with Gasteiger partial charge in [0.25, 0.3) is 0 Å². The second-order valence-corrected chi connectivity index (χ2v) is 8.64. The Hall–Kier alpha value is -2.85. The minimum atomic E-state index is -0.441. The molecule has 164 valence electrons. The molecule has 10 heteroatoms. The number of aryl methyl sites for hydroxylation is 1. The highest BCUT2D eigenvalue weighted by atomic mass is 32.2. The summed E-state index contributed by atoms with van der Waals surface area (Å²) in [5.41, 5.74) is 1.26. The molecule has 3 aromatic rings. The summed E-state index contributed by atoms with van der Waals surface area (Å²) in [5, 5.41) is 12.5. The molecule has 1 amide bonds. The standard InChI is InChI=1S/C21H24N4O4S2/c1-5-25-18(14-8-7-9-15(11-14)28-4)23-24-21(25)30-12-17(26)22-19-16(10-13(3)31-19)20(27)29-6-2/h7-11H,5-6,12H2,1-4H3,(H,22,26). The number of thiophene rings is 1. The Balaban J connectivity index is 1.70. The van der Waals surface area contributed by atoms with Crippen LogP contribution in [0.2, 0.25) is 0 Å². The second-order valence-electron chi connectivity index (χ2n) is 6.44. The number of benzene rings is 1. The van der Waals surface area contributed by atoms with Gasteiger partial charge in [-0.15, -0.1) is 21.5 Å². The molecule has 0 spiro atoms. The molecule has 0 fully saturated rings. The van der Waals surface area contributed by atoms with E-state index in [9.17, 15) is 9.59 Å². The lowest BCUT2D eigenvalue weighted by Crippen LogP contribution is -2.16. The van der Waals surface area contributed by atoms with Gasteiger partial charge in [-0.05, 0) is 39.0 Å². The van der Waals surface area contributed by atoms with Gasteiger partial charge in [0.2, 0.25) is 5.91 Å². The minimum Gasteiger partial charge on any atom is -0.497 e. The monoisotopic (exact) mass is 460 g/mol. The number of thioether (sulfide) groups is 1. The zero-order valence-corrected chi connectivity index (χ0v) is 19.4. The maximum absolute atomic E-state index is 12.5. The third-order valence-electron chi connectivity index (χ3n) is 4.30. The van der Waals surface area contributed by atoms with Crippen molar-refractivity contribution in [2.75, 3.05) is 24.8 Å². The molecular weight excluding hydrogens is 436 g/mol. The highest BCUT2D eigenvalue weighted by Crippen LogP contribution is 2.30. The Labute approximate surface area is 189 Å². The molecule has 0 unspecified atom stereocenters. The molecule has 2 aromatic heterocycles. The van der Waals surface area contributed by atoms with Gasteiger partial charge in [-0.2, -0.15) is 0 Å². The highest BCUT2D eigenvalue weighted by molar-refractivity contribution is 7.99. The Bertz CT molecular complexity index is 1080. The normalized spacial score (nSPS) is 10.7. The maximum atomic E-state index is 12.5. The van der Waals surface area contributed by atoms with Crippen LogP contribution in [0, 0.1) is 6.92 Å². The predicted molar refractivity (Wildman–Crippen MR) is 122 cm³/mol. The Kier molecular flexibility index (Phi) is 7.69. The van der Waals surface area contributed by atoms with Gasteiger partial charge in [0, 0.05) is 17.0 Å². The van der Waals surface area contributed by atoms with E-state index in [4.69, 9.17) is 9.47 Å². The van der Waals surface area contributed by atoms with Gasteiger partial charge in [0.15, 0.2) is 11.0 Å². The first kappa shape index (κ1) is 22.8. The van der Waals surface area contributed by atoms with E-state index in [-0.39, 0.29) is 18.3 Å². The van der Waals surface area contributed by atoms with Gasteiger partial charge in [-0.25, -0.2) is 4.79 Å². The fourth-order valence-corrected chi connectivity index (χ4v) is 4.63. The fraction of sp³-hybridized carbons (Fsp3) is 0.333. The van der Waals surface area contributed by atoms with E-state index in [0.717, 1.165) is 16.2 Å². The van der Waals surface area contributed by atoms with Gasteiger partial charge in [0.1, 0.15) is 10.8 Å². The van der Waals surface area contributed by atoms with Crippen LogP contribution >= 0.6 is 23.1 Å². The number of nitrogens with zero attached hydrogens (tertiary/aromatic N) is 3. The summed E-state index contributed by atoms with van der Waals surface area (Å²) in [6.45, 7) is 6.55. The van der Waals surface area contributed by atoms with E-state index in [1.54, 1.807) is 20.1 Å². The Morgan fingerprint density at radius 1 is 1.23 bits per heavy atom. The number of amides is 1. The van der Waals surface area contributed by atoms with Crippen molar-refractivity contribution in [3.05, 3.63) is 40.8 Å². The summed E-state index contributed by atoms with van der Waals surface area (Å²) in [5.74, 6) is 0.910. The van der Waals surface area contributed by atoms with Crippen LogP contribution in [0.3, 0.4) is 0 Å². The van der Waals surface area contributed by atoms with Gasteiger partial charge < -0.3 is 19.4 Å². The molecule has 0 radical (unpaired) electrons. The van der Waals surface area contributed by atoms with E-state index in [1.807, 2.05) is 42.7 Å². The number of anilines is 1. The van der Waals surface area contributed by atoms with Crippen molar-refractivity contribution < 1.29 is 19.1 Å². The van der Waals surface area contributed by atoms with Crippen LogP contribution in [-0.4, -0.2) is 46.1 Å². The molecule has 0 saturated carbocycles. The highest BCUT2D eigenvalue weighted by Gasteiger charge is 2.19. The van der Waals surface area contributed by atoms with Crippen LogP contribution < -0.4 is 10.1 Å². The van der Waals surface area contributed by atoms with E-state index in [2.05, 4.69) is 15.5 Å². The zero-order valence-electron chi connectivity index (χ0n) is 17.8. The lowest BCUT2D eigenvalue weighted by Gasteiger charge is -2.09. The number of aromatic nitrogens is 3. The first-order valence-corrected chi connectivity index (χ1v) is 11.5. The number of carbonyl (C=O) groups excluding carboxylic acids is 2. The summed E-state index contributed by atoms with van der Waals surface area (Å²) in [6, 6.07) is 9.32. The molecule has 0 aliphatic rings. The average Bonchev–Trinajstić information content (AvgIpc) is 3.35. The van der Waals surface area contributed by atoms with Crippen molar-refractivity contribution in [2.45, 2.75) is 32.5 Å². The summed E-state index contributed by atoms with van der Waals surface area (Å²) in [7, 11) is 1.62. The summed E-state index contributed by atoms with van der Waals surface area (Å²) in [4.78, 5) is 25.6. The van der Waals surface area contributed by atoms with Crippen LogP contribution in [0.5, 0.6) is 5.75 Å². The number of methoxy groups -OCH3 is 1. The lowest BCUT2D eigenvalue weighted by molar-refractivity contribution is -0.113. The molecule has 0 aliphatic heterocycles. The van der Waals surface area contributed by atoms with Gasteiger partial charge in [0.05, 0.1) is 25.0 Å². The van der Waals surface area contributed by atoms with E-state index >= 15 is 0 Å². The molecule has 1 aromatic carbocycles. The third kappa shape index (κ3) is 5.45. The van der Waals surface area contributed by atoms with E-state index < -0.39 is 5.97 Å². The molecule has 0 saturated heterocycles. The van der Waals surface area contributed by atoms with Gasteiger partial charge >= 0.3 is 5.97 Å². The van der Waals surface area contributed by atoms with Crippen LogP contribution in [0.25, 0.3) is 11.4 Å². The van der Waals surface area contributed by atoms with Gasteiger partial charge in [-0.3, -0.25) is 4.79 Å². The summed E-state index contributed by atoms with van der Waals surface area (Å²) in [6.07, 6.45) is 0. The topological polar surface area (TPSA) is 95.3 Å². The smallest absolute Gasteiger partial charge is 0.341 e. The number of ether oxygens (including phenoxy) is 2. The predicted octanol–water partition coefficient (Wildman–Crippen LogP) is 4.25. The maximum Gasteiger partial charge on any atom is 0.341 e. The first-order chi connectivity index (χ1) is 15.0. The van der Waals surface area contributed by atoms with Crippen molar-refractivity contribution in [1.29, 1.82) is 0 Å². The van der Waals surface area contributed by atoms with Gasteiger partial charge in [-0.1, -0.05) is 23.9 Å². The van der Waals surface area contributed by atoms with Crippen molar-refractivity contribution >= 4 is 40.0 Å². The Morgan fingerprint density at radius 3 is 2.74 bits per heavy atom. The summed E-state index contributed by atoms with van der Waals surface area (Å²) < 4.78 is 12.3. The molecule has 1 N–H and O–H groups in total. The SMILES string of the molecule is CCOC(=O)c1cc(C)sc1NC(=O)CSc1nnc(-c2cccc(OC)c2)n1CC. The number of esters is 1. The van der Waals surface area contributed by atoms with Crippen molar-refractivity contribution in [2.24, 2.45) is 0 Å². The number of rotatable bonds is 9. The van der Waals surface area contributed by atoms with Crippen LogP contribution in [0.1, 0.15) is 29.1 Å². The quantitative estimate of drug-likeness (QED) is 0.377. The third-order valence-corrected chi connectivity index (χ3v) is 6.23. The zero-order chi connectivity index (χ0) is 22.4. The lowest BCUT2D eigenvalue weighted by atomic mass is 10.2. The minimum absolute atomic E-state index is 0.134. The molecule has 8 nitrogen and oxygen atoms in total. The fourth-order valence-electron chi connectivity index (χ4n) is 2.92. The molecular formula is C21H24N4O4S2. The first-order valence-electron chi connectivity index (χ1n) is 9.74. The summed E-state index contributed by atoms with van der Waals surface area (Å²) >= 11 is 2.63. The number of carbonyl (C=O) groups is 2. The van der Waals surface area contributed by atoms with Crippen LogP contribution in [0.4, 0.5) is 5.00 Å². The van der Waals surface area contributed by atoms with Crippen molar-refractivity contribution in [3.8, 4) is 17.1 Å². The average molecular weight is 461 g/mol. The van der Waals surface area contributed by atoms with E-state index in [1.165, 1.54) is 23.1 Å². The van der Waals surface area contributed by atoms with Crippen molar-refractivity contribution in [3.63, 3.8) is 0 Å². The van der Waals surface area contributed by atoms with Crippen molar-refractivity contribution in [1.82, 2.24) is 14.8 Å². The number of nitrogens with one attached hydrogen (secondary N) is 1. The molecule has 3 rings (SSSR count). The Morgan fingerprint density at radius 2 is 2.03 bits per heavy atom. The largest absolute Gasteiger partial charge is 0.497 e. The second kappa shape index (κ2) is 10.5. The molecule has 31 heavy (non-hydrogen) atoms. The molecule has 0 bridgehead atoms. The number of hydrogen-bond acceptors (Lipinski definition) is 8. The molecule has 0 aliphatic carbocycles. The van der Waals surface area contributed by atoms with Crippen LogP contribution in [0.15, 0.2) is 35.5 Å². The molecule has 2 heterocycles.